The second-order valence-corrected chi connectivity index (χ2v) is 9.51. The summed E-state index contributed by atoms with van der Waals surface area (Å²) in [6.45, 7) is 6.55. The number of aromatic nitrogens is 2. The predicted octanol–water partition coefficient (Wildman–Crippen LogP) is 5.73. The lowest BCUT2D eigenvalue weighted by molar-refractivity contribution is 0.240. The van der Waals surface area contributed by atoms with Crippen LogP contribution in [0.1, 0.15) is 22.6 Å². The smallest absolute Gasteiger partial charge is 0.156 e. The van der Waals surface area contributed by atoms with Crippen molar-refractivity contribution in [1.29, 1.82) is 0 Å². The molecule has 3 heterocycles. The molecular weight excluding hydrogens is 484 g/mol. The Bertz CT molecular complexity index is 1650. The van der Waals surface area contributed by atoms with E-state index in [1.165, 1.54) is 5.56 Å². The van der Waals surface area contributed by atoms with Crippen molar-refractivity contribution in [3.8, 4) is 17.2 Å². The van der Waals surface area contributed by atoms with Gasteiger partial charge in [-0.25, -0.2) is 4.99 Å². The van der Waals surface area contributed by atoms with E-state index in [-0.39, 0.29) is 0 Å². The molecular formula is C33H28N4O2. The van der Waals surface area contributed by atoms with Gasteiger partial charge in [-0.1, -0.05) is 55.1 Å². The third-order valence-electron chi connectivity index (χ3n) is 6.41. The summed E-state index contributed by atoms with van der Waals surface area (Å²) >= 11 is 0. The molecule has 0 saturated carbocycles. The van der Waals surface area contributed by atoms with Crippen molar-refractivity contribution in [2.24, 2.45) is 4.99 Å². The normalized spacial score (nSPS) is 11.7. The maximum Gasteiger partial charge on any atom is 0.156 e. The van der Waals surface area contributed by atoms with Crippen molar-refractivity contribution < 1.29 is 9.47 Å². The van der Waals surface area contributed by atoms with E-state index < -0.39 is 0 Å². The third-order valence-corrected chi connectivity index (χ3v) is 6.41. The zero-order chi connectivity index (χ0) is 26.4. The van der Waals surface area contributed by atoms with Crippen molar-refractivity contribution in [2.45, 2.75) is 26.2 Å². The Balaban J connectivity index is 1.14. The number of fused-ring (bicyclic) bond motifs is 2. The van der Waals surface area contributed by atoms with E-state index in [2.05, 4.69) is 57.9 Å². The van der Waals surface area contributed by atoms with Crippen LogP contribution < -0.4 is 20.0 Å². The molecule has 0 saturated heterocycles. The quantitative estimate of drug-likeness (QED) is 0.248. The Hall–Kier alpha value is -4.81. The molecule has 192 valence electrons. The van der Waals surface area contributed by atoms with Gasteiger partial charge in [0.1, 0.15) is 23.4 Å². The minimum Gasteiger partial charge on any atom is -0.487 e. The third kappa shape index (κ3) is 6.20. The topological polar surface area (TPSA) is 59.8 Å². The molecule has 2 aromatic heterocycles. The molecule has 0 N–H and O–H groups in total. The van der Waals surface area contributed by atoms with Crippen LogP contribution in [0.25, 0.3) is 6.58 Å². The lowest BCUT2D eigenvalue weighted by Crippen LogP contribution is -2.23. The van der Waals surface area contributed by atoms with Crippen molar-refractivity contribution in [3.63, 3.8) is 0 Å². The van der Waals surface area contributed by atoms with Gasteiger partial charge in [-0.2, -0.15) is 0 Å². The predicted molar refractivity (Wildman–Crippen MR) is 151 cm³/mol. The molecule has 3 aromatic carbocycles. The van der Waals surface area contributed by atoms with Crippen molar-refractivity contribution in [2.75, 3.05) is 0 Å². The zero-order valence-electron chi connectivity index (χ0n) is 21.5. The Kier molecular flexibility index (Phi) is 7.10. The number of ether oxygens (including phenoxy) is 2. The average Bonchev–Trinajstić information content (AvgIpc) is 2.96. The van der Waals surface area contributed by atoms with E-state index in [0.717, 1.165) is 46.4 Å². The zero-order valence-corrected chi connectivity index (χ0v) is 21.5. The van der Waals surface area contributed by atoms with Gasteiger partial charge in [-0.15, -0.1) is 0 Å². The highest BCUT2D eigenvalue weighted by atomic mass is 16.5. The highest BCUT2D eigenvalue weighted by Gasteiger charge is 2.14. The molecule has 1 aliphatic heterocycles. The summed E-state index contributed by atoms with van der Waals surface area (Å²) < 4.78 is 12.2. The lowest BCUT2D eigenvalue weighted by atomic mass is 10.2. The Morgan fingerprint density at radius 1 is 0.718 bits per heavy atom. The molecule has 0 unspecified atom stereocenters. The Morgan fingerprint density at radius 3 is 2.41 bits per heavy atom. The minimum absolute atomic E-state index is 0.350. The molecule has 6 heteroatoms. The van der Waals surface area contributed by atoms with E-state index in [0.29, 0.717) is 30.4 Å². The number of hydrogen-bond acceptors (Lipinski definition) is 6. The summed E-state index contributed by atoms with van der Waals surface area (Å²) in [6, 6.07) is 34.0. The van der Waals surface area contributed by atoms with Gasteiger partial charge in [0.2, 0.25) is 0 Å². The molecule has 0 aliphatic carbocycles. The summed E-state index contributed by atoms with van der Waals surface area (Å²) in [6.07, 6.45) is 1.84. The highest BCUT2D eigenvalue weighted by Crippen LogP contribution is 2.36. The van der Waals surface area contributed by atoms with Crippen LogP contribution in [0.5, 0.6) is 17.2 Å². The van der Waals surface area contributed by atoms with E-state index in [1.54, 1.807) is 0 Å². The Labute approximate surface area is 227 Å². The minimum atomic E-state index is 0.350. The Morgan fingerprint density at radius 2 is 1.54 bits per heavy atom. The van der Waals surface area contributed by atoms with Crippen LogP contribution in [-0.4, -0.2) is 14.9 Å². The van der Waals surface area contributed by atoms with Crippen LogP contribution in [0.15, 0.2) is 114 Å². The van der Waals surface area contributed by atoms with Gasteiger partial charge in [-0.05, 0) is 59.3 Å². The first-order chi connectivity index (χ1) is 19.2. The molecule has 1 aliphatic rings. The second kappa shape index (κ2) is 11.3. The van der Waals surface area contributed by atoms with Crippen molar-refractivity contribution >= 4 is 12.3 Å². The van der Waals surface area contributed by atoms with Gasteiger partial charge in [0.15, 0.2) is 11.5 Å². The largest absolute Gasteiger partial charge is 0.487 e. The molecule has 0 radical (unpaired) electrons. The first-order valence-electron chi connectivity index (χ1n) is 12.9. The number of rotatable bonds is 9. The standard InChI is InChI=1S/C33H28N4O2/c1-24-13-15-30-32(18-24)39-33-19-29(14-16-31(33)36-30)38-23-28-12-7-11-27(35-28)22-37(20-25-8-3-2-4-9-25)21-26-10-5-6-17-34-26/h2-19H,1,20-23H2. The van der Waals surface area contributed by atoms with Crippen LogP contribution >= 0.6 is 0 Å². The van der Waals surface area contributed by atoms with Crippen LogP contribution in [0, 0.1) is 0 Å². The summed E-state index contributed by atoms with van der Waals surface area (Å²) in [7, 11) is 0. The van der Waals surface area contributed by atoms with Gasteiger partial charge in [0.05, 0.1) is 17.1 Å². The van der Waals surface area contributed by atoms with Crippen LogP contribution in [0.3, 0.4) is 0 Å². The maximum absolute atomic E-state index is 6.10. The van der Waals surface area contributed by atoms with E-state index in [9.17, 15) is 0 Å². The molecule has 39 heavy (non-hydrogen) atoms. The van der Waals surface area contributed by atoms with Crippen LogP contribution in [0.2, 0.25) is 0 Å². The molecule has 6 nitrogen and oxygen atoms in total. The van der Waals surface area contributed by atoms with Crippen molar-refractivity contribution in [3.05, 3.63) is 143 Å². The summed E-state index contributed by atoms with van der Waals surface area (Å²) in [5.74, 6) is 2.07. The van der Waals surface area contributed by atoms with Gasteiger partial charge in [0.25, 0.3) is 0 Å². The van der Waals surface area contributed by atoms with Crippen LogP contribution in [-0.2, 0) is 26.2 Å². The number of benzene rings is 3. The SMILES string of the molecule is C=c1ccc2c(c1)Oc1cc(OCc3cccc(CN(Cc4ccccc4)Cc4ccccn4)n3)ccc1N=2. The fourth-order valence-electron chi connectivity index (χ4n) is 4.55. The first-order valence-corrected chi connectivity index (χ1v) is 12.9. The van der Waals surface area contributed by atoms with Gasteiger partial charge in [-0.3, -0.25) is 14.9 Å². The summed E-state index contributed by atoms with van der Waals surface area (Å²) in [4.78, 5) is 16.5. The number of hydrogen-bond donors (Lipinski definition) is 0. The van der Waals surface area contributed by atoms with Crippen LogP contribution in [0.4, 0.5) is 5.69 Å². The molecule has 5 aromatic rings. The summed E-state index contributed by atoms with van der Waals surface area (Å²) in [5.41, 5.74) is 4.90. The van der Waals surface area contributed by atoms with Gasteiger partial charge in [0, 0.05) is 31.9 Å². The molecule has 0 amide bonds. The number of nitrogens with zero attached hydrogens (tertiary/aromatic N) is 4. The monoisotopic (exact) mass is 512 g/mol. The molecule has 0 fully saturated rings. The summed E-state index contributed by atoms with van der Waals surface area (Å²) in [5, 5.41) is 1.68. The van der Waals surface area contributed by atoms with Gasteiger partial charge >= 0.3 is 0 Å². The second-order valence-electron chi connectivity index (χ2n) is 9.51. The number of pyridine rings is 2. The molecule has 0 spiro atoms. The van der Waals surface area contributed by atoms with E-state index in [4.69, 9.17) is 14.5 Å². The molecule has 0 bridgehead atoms. The van der Waals surface area contributed by atoms with Crippen molar-refractivity contribution in [1.82, 2.24) is 14.9 Å². The lowest BCUT2D eigenvalue weighted by Gasteiger charge is -2.22. The molecule has 6 rings (SSSR count). The van der Waals surface area contributed by atoms with E-state index in [1.807, 2.05) is 72.9 Å². The average molecular weight is 513 g/mol. The van der Waals surface area contributed by atoms with E-state index >= 15 is 0 Å². The fraction of sp³-hybridized carbons (Fsp3) is 0.121. The fourth-order valence-corrected chi connectivity index (χ4v) is 4.55. The van der Waals surface area contributed by atoms with Gasteiger partial charge < -0.3 is 9.47 Å². The maximum atomic E-state index is 6.10. The first kappa shape index (κ1) is 24.5. The highest BCUT2D eigenvalue weighted by molar-refractivity contribution is 5.58. The molecule has 0 atom stereocenters.